The SMILES string of the molecule is CC(=O)OC1CCC2C3C=CC4=C/C(=N\NC(N)=S)CCC4(C)C3CCC12C. The van der Waals surface area contributed by atoms with E-state index in [-0.39, 0.29) is 28.0 Å². The molecular formula is C22H31N3O2S. The predicted molar refractivity (Wildman–Crippen MR) is 115 cm³/mol. The van der Waals surface area contributed by atoms with Gasteiger partial charge in [0.25, 0.3) is 0 Å². The molecule has 152 valence electrons. The van der Waals surface area contributed by atoms with Crippen molar-refractivity contribution in [2.24, 2.45) is 39.4 Å². The van der Waals surface area contributed by atoms with Crippen LogP contribution in [0, 0.1) is 28.6 Å². The van der Waals surface area contributed by atoms with E-state index in [2.05, 4.69) is 42.6 Å². The number of ether oxygens (including phenoxy) is 1. The third-order valence-electron chi connectivity index (χ3n) is 8.06. The lowest BCUT2D eigenvalue weighted by Gasteiger charge is -2.55. The number of carbonyl (C=O) groups excluding carboxylic acids is 1. The highest BCUT2D eigenvalue weighted by Gasteiger charge is 2.58. The molecule has 0 heterocycles. The molecule has 2 fully saturated rings. The molecule has 5 nitrogen and oxygen atoms in total. The Morgan fingerprint density at radius 3 is 2.79 bits per heavy atom. The third kappa shape index (κ3) is 3.10. The van der Waals surface area contributed by atoms with Crippen LogP contribution in [0.2, 0.25) is 0 Å². The molecule has 0 aromatic carbocycles. The summed E-state index contributed by atoms with van der Waals surface area (Å²) >= 11 is 4.86. The van der Waals surface area contributed by atoms with Crippen LogP contribution in [-0.4, -0.2) is 22.9 Å². The standard InChI is InChI=1S/C22H31N3O2S/c1-13(26)27-19-7-6-17-16-5-4-14-12-15(24-25-20(23)28)8-10-21(14,2)18(16)9-11-22(17,19)3/h4-5,12,16-19H,6-11H2,1-3H3,(H3,23,25,28)/b24-15-. The molecule has 0 bridgehead atoms. The van der Waals surface area contributed by atoms with Gasteiger partial charge in [-0.25, -0.2) is 0 Å². The summed E-state index contributed by atoms with van der Waals surface area (Å²) in [5, 5.41) is 4.55. The van der Waals surface area contributed by atoms with Gasteiger partial charge in [0.15, 0.2) is 5.11 Å². The van der Waals surface area contributed by atoms with Crippen molar-refractivity contribution >= 4 is 29.0 Å². The predicted octanol–water partition coefficient (Wildman–Crippen LogP) is 3.85. The first-order valence-electron chi connectivity index (χ1n) is 10.4. The Labute approximate surface area is 172 Å². The Balaban J connectivity index is 1.61. The average Bonchev–Trinajstić information content (AvgIpc) is 2.95. The van der Waals surface area contributed by atoms with E-state index in [9.17, 15) is 4.79 Å². The van der Waals surface area contributed by atoms with Gasteiger partial charge in [0.1, 0.15) is 6.10 Å². The van der Waals surface area contributed by atoms with Crippen molar-refractivity contribution in [3.05, 3.63) is 23.8 Å². The Morgan fingerprint density at radius 2 is 2.07 bits per heavy atom. The van der Waals surface area contributed by atoms with Crippen LogP contribution in [0.25, 0.3) is 0 Å². The lowest BCUT2D eigenvalue weighted by Crippen LogP contribution is -2.50. The molecule has 0 aromatic rings. The van der Waals surface area contributed by atoms with Crippen molar-refractivity contribution in [2.45, 2.75) is 65.4 Å². The Bertz CT molecular complexity index is 789. The Hall–Kier alpha value is -1.69. The molecule has 4 aliphatic carbocycles. The minimum atomic E-state index is -0.143. The number of nitrogens with two attached hydrogens (primary N) is 1. The molecular weight excluding hydrogens is 370 g/mol. The van der Waals surface area contributed by atoms with Gasteiger partial charge in [0.2, 0.25) is 0 Å². The number of hydrogen-bond acceptors (Lipinski definition) is 4. The summed E-state index contributed by atoms with van der Waals surface area (Å²) in [5.74, 6) is 1.66. The molecule has 4 aliphatic rings. The van der Waals surface area contributed by atoms with E-state index in [0.29, 0.717) is 17.8 Å². The van der Waals surface area contributed by atoms with Crippen LogP contribution >= 0.6 is 12.2 Å². The zero-order valence-corrected chi connectivity index (χ0v) is 17.8. The molecule has 0 spiro atoms. The number of rotatable bonds is 2. The smallest absolute Gasteiger partial charge is 0.302 e. The van der Waals surface area contributed by atoms with E-state index in [1.54, 1.807) is 0 Å². The van der Waals surface area contributed by atoms with Gasteiger partial charge in [-0.1, -0.05) is 26.0 Å². The minimum Gasteiger partial charge on any atom is -0.462 e. The van der Waals surface area contributed by atoms with E-state index < -0.39 is 0 Å². The number of hydrazone groups is 1. The van der Waals surface area contributed by atoms with Crippen LogP contribution in [0.4, 0.5) is 0 Å². The number of nitrogens with zero attached hydrogens (tertiary/aromatic N) is 1. The summed E-state index contributed by atoms with van der Waals surface area (Å²) < 4.78 is 5.74. The van der Waals surface area contributed by atoms with Gasteiger partial charge in [0.05, 0.1) is 5.71 Å². The number of nitrogens with one attached hydrogen (secondary N) is 1. The van der Waals surface area contributed by atoms with Crippen molar-refractivity contribution in [2.75, 3.05) is 0 Å². The first-order chi connectivity index (χ1) is 13.2. The second kappa shape index (κ2) is 6.97. The van der Waals surface area contributed by atoms with Crippen LogP contribution < -0.4 is 11.2 Å². The molecule has 0 aromatic heterocycles. The van der Waals surface area contributed by atoms with Crippen LogP contribution in [0.15, 0.2) is 28.9 Å². The summed E-state index contributed by atoms with van der Waals surface area (Å²) in [4.78, 5) is 11.6. The number of esters is 1. The number of thiocarbonyl (C=S) groups is 1. The fraction of sp³-hybridized carbons (Fsp3) is 0.682. The molecule has 6 atom stereocenters. The molecule has 6 unspecified atom stereocenters. The maximum Gasteiger partial charge on any atom is 0.302 e. The molecule has 0 radical (unpaired) electrons. The van der Waals surface area contributed by atoms with Crippen molar-refractivity contribution in [1.82, 2.24) is 5.43 Å². The summed E-state index contributed by atoms with van der Waals surface area (Å²) in [6, 6.07) is 0. The maximum atomic E-state index is 11.6. The molecule has 0 saturated heterocycles. The van der Waals surface area contributed by atoms with E-state index >= 15 is 0 Å². The van der Waals surface area contributed by atoms with Gasteiger partial charge in [0, 0.05) is 12.3 Å². The zero-order valence-electron chi connectivity index (χ0n) is 17.0. The highest BCUT2D eigenvalue weighted by Crippen LogP contribution is 2.64. The summed E-state index contributed by atoms with van der Waals surface area (Å²) in [5.41, 5.74) is 10.9. The lowest BCUT2D eigenvalue weighted by atomic mass is 9.49. The number of hydrogen-bond donors (Lipinski definition) is 2. The molecule has 3 N–H and O–H groups in total. The second-order valence-electron chi connectivity index (χ2n) is 9.47. The molecule has 0 amide bonds. The fourth-order valence-corrected chi connectivity index (χ4v) is 6.61. The molecule has 6 heteroatoms. The third-order valence-corrected chi connectivity index (χ3v) is 8.15. The average molecular weight is 402 g/mol. The van der Waals surface area contributed by atoms with Crippen LogP contribution in [0.5, 0.6) is 0 Å². The minimum absolute atomic E-state index is 0.0744. The van der Waals surface area contributed by atoms with Gasteiger partial charge in [-0.15, -0.1) is 0 Å². The van der Waals surface area contributed by atoms with Gasteiger partial charge in [-0.2, -0.15) is 5.10 Å². The summed E-state index contributed by atoms with van der Waals surface area (Å²) in [7, 11) is 0. The molecule has 0 aliphatic heterocycles. The number of fused-ring (bicyclic) bond motifs is 5. The topological polar surface area (TPSA) is 76.7 Å². The Morgan fingerprint density at radius 1 is 1.29 bits per heavy atom. The van der Waals surface area contributed by atoms with Gasteiger partial charge in [-0.05, 0) is 85.6 Å². The van der Waals surface area contributed by atoms with E-state index in [0.717, 1.165) is 37.8 Å². The number of carbonyl (C=O) groups is 1. The fourth-order valence-electron chi connectivity index (χ4n) is 6.57. The molecule has 4 rings (SSSR count). The van der Waals surface area contributed by atoms with E-state index in [1.807, 2.05) is 0 Å². The van der Waals surface area contributed by atoms with Crippen LogP contribution in [0.3, 0.4) is 0 Å². The largest absolute Gasteiger partial charge is 0.462 e. The summed E-state index contributed by atoms with van der Waals surface area (Å²) in [6.07, 6.45) is 13.5. The second-order valence-corrected chi connectivity index (χ2v) is 9.91. The van der Waals surface area contributed by atoms with E-state index in [1.165, 1.54) is 18.9 Å². The highest BCUT2D eigenvalue weighted by atomic mass is 32.1. The highest BCUT2D eigenvalue weighted by molar-refractivity contribution is 7.80. The van der Waals surface area contributed by atoms with Crippen LogP contribution in [0.1, 0.15) is 59.3 Å². The van der Waals surface area contributed by atoms with Gasteiger partial charge < -0.3 is 10.5 Å². The zero-order chi connectivity index (χ0) is 20.1. The van der Waals surface area contributed by atoms with E-state index in [4.69, 9.17) is 22.7 Å². The van der Waals surface area contributed by atoms with Crippen molar-refractivity contribution in [3.63, 3.8) is 0 Å². The first-order valence-corrected chi connectivity index (χ1v) is 10.8. The van der Waals surface area contributed by atoms with Crippen molar-refractivity contribution in [1.29, 1.82) is 0 Å². The van der Waals surface area contributed by atoms with Crippen LogP contribution in [-0.2, 0) is 9.53 Å². The summed E-state index contributed by atoms with van der Waals surface area (Å²) in [6.45, 7) is 6.32. The normalized spacial score (nSPS) is 42.8. The molecule has 2 saturated carbocycles. The lowest BCUT2D eigenvalue weighted by molar-refractivity contribution is -0.155. The maximum absolute atomic E-state index is 11.6. The van der Waals surface area contributed by atoms with Crippen molar-refractivity contribution in [3.8, 4) is 0 Å². The van der Waals surface area contributed by atoms with Gasteiger partial charge >= 0.3 is 5.97 Å². The van der Waals surface area contributed by atoms with Gasteiger partial charge in [-0.3, -0.25) is 10.2 Å². The number of allylic oxidation sites excluding steroid dienone is 4. The van der Waals surface area contributed by atoms with Crippen molar-refractivity contribution < 1.29 is 9.53 Å². The quantitative estimate of drug-likeness (QED) is 0.418. The monoisotopic (exact) mass is 401 g/mol. The molecule has 28 heavy (non-hydrogen) atoms. The first kappa shape index (κ1) is 19.6. The Kier molecular flexibility index (Phi) is 4.89.